The Balaban J connectivity index is 2.62. The zero-order valence-electron chi connectivity index (χ0n) is 9.33. The Hall–Kier alpha value is -1.23. The van der Waals surface area contributed by atoms with E-state index in [1.165, 1.54) is 0 Å². The molecule has 2 amide bonds. The molecule has 0 fully saturated rings. The van der Waals surface area contributed by atoms with E-state index < -0.39 is 5.92 Å². The zero-order chi connectivity index (χ0) is 11.4. The zero-order valence-corrected chi connectivity index (χ0v) is 9.33. The van der Waals surface area contributed by atoms with E-state index in [1.54, 1.807) is 6.92 Å². The number of nitrogens with one attached hydrogen (secondary N) is 2. The van der Waals surface area contributed by atoms with Crippen LogP contribution in [-0.2, 0) is 9.59 Å². The molecule has 0 saturated heterocycles. The lowest BCUT2D eigenvalue weighted by Gasteiger charge is -2.19. The van der Waals surface area contributed by atoms with Crippen LogP contribution >= 0.6 is 0 Å². The molecule has 0 bridgehead atoms. The fraction of sp³-hybridized carbons (Fsp3) is 0.700. The number of rotatable bonds is 4. The molecule has 5 nitrogen and oxygen atoms in total. The third kappa shape index (κ3) is 3.13. The highest BCUT2D eigenvalue weighted by Crippen LogP contribution is 2.09. The summed E-state index contributed by atoms with van der Waals surface area (Å²) in [4.78, 5) is 26.7. The molecule has 0 spiro atoms. The van der Waals surface area contributed by atoms with Crippen LogP contribution in [0.3, 0.4) is 0 Å². The van der Waals surface area contributed by atoms with E-state index in [1.807, 2.05) is 13.8 Å². The molecule has 0 aliphatic carbocycles. The maximum atomic E-state index is 11.5. The SMILES string of the molecule is CCC1C(=O)N=C(CNC(C)C)NC1=O. The first-order valence-electron chi connectivity index (χ1n) is 5.20. The lowest BCUT2D eigenvalue weighted by molar-refractivity contribution is -0.133. The molecule has 1 aliphatic rings. The summed E-state index contributed by atoms with van der Waals surface area (Å²) in [6, 6.07) is 0.295. The maximum absolute atomic E-state index is 11.5. The van der Waals surface area contributed by atoms with Crippen LogP contribution in [0.25, 0.3) is 0 Å². The van der Waals surface area contributed by atoms with Gasteiger partial charge >= 0.3 is 0 Å². The monoisotopic (exact) mass is 211 g/mol. The quantitative estimate of drug-likeness (QED) is 0.646. The number of hydrogen-bond donors (Lipinski definition) is 2. The molecule has 1 unspecified atom stereocenters. The number of hydrogen-bond acceptors (Lipinski definition) is 3. The predicted molar refractivity (Wildman–Crippen MR) is 57.5 cm³/mol. The van der Waals surface area contributed by atoms with Crippen molar-refractivity contribution in [2.75, 3.05) is 6.54 Å². The van der Waals surface area contributed by atoms with Gasteiger partial charge in [0.25, 0.3) is 5.91 Å². The van der Waals surface area contributed by atoms with Crippen LogP contribution in [0.4, 0.5) is 0 Å². The first-order chi connectivity index (χ1) is 7.04. The van der Waals surface area contributed by atoms with Crippen molar-refractivity contribution in [1.29, 1.82) is 0 Å². The minimum Gasteiger partial charge on any atom is -0.312 e. The van der Waals surface area contributed by atoms with E-state index in [0.717, 1.165) is 0 Å². The van der Waals surface area contributed by atoms with Crippen molar-refractivity contribution in [2.45, 2.75) is 33.2 Å². The summed E-state index contributed by atoms with van der Waals surface area (Å²) in [5.74, 6) is -0.754. The van der Waals surface area contributed by atoms with Crippen LogP contribution in [0.5, 0.6) is 0 Å². The summed E-state index contributed by atoms with van der Waals surface area (Å²) >= 11 is 0. The third-order valence-electron chi connectivity index (χ3n) is 2.21. The predicted octanol–water partition coefficient (Wildman–Crippen LogP) is 0.0655. The van der Waals surface area contributed by atoms with Crippen LogP contribution in [0.2, 0.25) is 0 Å². The summed E-state index contributed by atoms with van der Waals surface area (Å²) < 4.78 is 0. The lowest BCUT2D eigenvalue weighted by atomic mass is 10.0. The van der Waals surface area contributed by atoms with E-state index in [-0.39, 0.29) is 11.8 Å². The molecule has 2 N–H and O–H groups in total. The van der Waals surface area contributed by atoms with Crippen molar-refractivity contribution >= 4 is 17.6 Å². The molecule has 0 aromatic heterocycles. The molecular weight excluding hydrogens is 194 g/mol. The first kappa shape index (κ1) is 11.8. The van der Waals surface area contributed by atoms with Gasteiger partial charge in [-0.15, -0.1) is 0 Å². The van der Waals surface area contributed by atoms with Crippen molar-refractivity contribution in [3.05, 3.63) is 0 Å². The Kier molecular flexibility index (Phi) is 3.96. The van der Waals surface area contributed by atoms with Gasteiger partial charge in [0.15, 0.2) is 0 Å². The van der Waals surface area contributed by atoms with Crippen LogP contribution < -0.4 is 10.6 Å². The summed E-state index contributed by atoms with van der Waals surface area (Å²) in [5, 5.41) is 5.72. The molecule has 1 aliphatic heterocycles. The Bertz CT molecular complexity index is 297. The summed E-state index contributed by atoms with van der Waals surface area (Å²) in [6.45, 7) is 6.20. The summed E-state index contributed by atoms with van der Waals surface area (Å²) in [5.41, 5.74) is 0. The van der Waals surface area contributed by atoms with Crippen molar-refractivity contribution in [3.8, 4) is 0 Å². The Morgan fingerprint density at radius 2 is 2.13 bits per heavy atom. The Morgan fingerprint density at radius 3 is 2.60 bits per heavy atom. The van der Waals surface area contributed by atoms with E-state index >= 15 is 0 Å². The van der Waals surface area contributed by atoms with E-state index in [0.29, 0.717) is 24.8 Å². The molecule has 0 radical (unpaired) electrons. The standard InChI is InChI=1S/C10H17N3O2/c1-4-7-9(14)12-8(13-10(7)15)5-11-6(2)3/h6-7,11H,4-5H2,1-3H3,(H,12,13,14,15). The minimum atomic E-state index is -0.604. The lowest BCUT2D eigenvalue weighted by Crippen LogP contribution is -2.48. The average Bonchev–Trinajstić information content (AvgIpc) is 2.14. The average molecular weight is 211 g/mol. The van der Waals surface area contributed by atoms with E-state index in [4.69, 9.17) is 0 Å². The smallest absolute Gasteiger partial charge is 0.259 e. The highest BCUT2D eigenvalue weighted by atomic mass is 16.2. The van der Waals surface area contributed by atoms with Gasteiger partial charge in [0.05, 0.1) is 6.54 Å². The first-order valence-corrected chi connectivity index (χ1v) is 5.20. The topological polar surface area (TPSA) is 70.6 Å². The minimum absolute atomic E-state index is 0.238. The number of aliphatic imine (C=N–C) groups is 1. The number of carbonyl (C=O) groups is 2. The molecule has 15 heavy (non-hydrogen) atoms. The normalized spacial score (nSPS) is 21.6. The van der Waals surface area contributed by atoms with Gasteiger partial charge in [-0.2, -0.15) is 4.99 Å². The van der Waals surface area contributed by atoms with Crippen LogP contribution in [0.15, 0.2) is 4.99 Å². The van der Waals surface area contributed by atoms with Gasteiger partial charge in [0, 0.05) is 6.04 Å². The molecule has 1 rings (SSSR count). The highest BCUT2D eigenvalue weighted by Gasteiger charge is 2.29. The van der Waals surface area contributed by atoms with Gasteiger partial charge in [-0.1, -0.05) is 20.8 Å². The Labute approximate surface area is 89.3 Å². The molecular formula is C10H17N3O2. The number of amides is 2. The van der Waals surface area contributed by atoms with Crippen molar-refractivity contribution in [1.82, 2.24) is 10.6 Å². The van der Waals surface area contributed by atoms with Crippen molar-refractivity contribution < 1.29 is 9.59 Å². The van der Waals surface area contributed by atoms with Crippen molar-refractivity contribution in [3.63, 3.8) is 0 Å². The van der Waals surface area contributed by atoms with Gasteiger partial charge < -0.3 is 10.6 Å². The fourth-order valence-electron chi connectivity index (χ4n) is 1.32. The second kappa shape index (κ2) is 5.02. The van der Waals surface area contributed by atoms with Crippen LogP contribution in [0.1, 0.15) is 27.2 Å². The second-order valence-electron chi connectivity index (χ2n) is 3.88. The van der Waals surface area contributed by atoms with Crippen LogP contribution in [-0.4, -0.2) is 30.2 Å². The van der Waals surface area contributed by atoms with Gasteiger partial charge in [0.2, 0.25) is 5.91 Å². The third-order valence-corrected chi connectivity index (χ3v) is 2.21. The molecule has 5 heteroatoms. The number of carbonyl (C=O) groups excluding carboxylic acids is 2. The fourth-order valence-corrected chi connectivity index (χ4v) is 1.32. The summed E-state index contributed by atoms with van der Waals surface area (Å²) in [6.07, 6.45) is 0.499. The Morgan fingerprint density at radius 1 is 1.47 bits per heavy atom. The molecule has 0 saturated carbocycles. The van der Waals surface area contributed by atoms with Gasteiger partial charge in [-0.05, 0) is 6.42 Å². The summed E-state index contributed by atoms with van der Waals surface area (Å²) in [7, 11) is 0. The van der Waals surface area contributed by atoms with E-state index in [9.17, 15) is 9.59 Å². The molecule has 1 atom stereocenters. The van der Waals surface area contributed by atoms with Crippen LogP contribution in [0, 0.1) is 5.92 Å². The van der Waals surface area contributed by atoms with Gasteiger partial charge in [0.1, 0.15) is 11.8 Å². The highest BCUT2D eigenvalue weighted by molar-refractivity contribution is 6.16. The maximum Gasteiger partial charge on any atom is 0.259 e. The second-order valence-corrected chi connectivity index (χ2v) is 3.88. The number of amidine groups is 1. The van der Waals surface area contributed by atoms with E-state index in [2.05, 4.69) is 15.6 Å². The van der Waals surface area contributed by atoms with Gasteiger partial charge in [-0.3, -0.25) is 9.59 Å². The molecule has 0 aromatic rings. The number of nitrogens with zero attached hydrogens (tertiary/aromatic N) is 1. The largest absolute Gasteiger partial charge is 0.312 e. The van der Waals surface area contributed by atoms with Crippen molar-refractivity contribution in [2.24, 2.45) is 10.9 Å². The molecule has 1 heterocycles. The molecule has 84 valence electrons. The van der Waals surface area contributed by atoms with Gasteiger partial charge in [-0.25, -0.2) is 0 Å². The molecule has 0 aromatic carbocycles.